The molecule has 0 bridgehead atoms. The summed E-state index contributed by atoms with van der Waals surface area (Å²) in [5.41, 5.74) is -0.582. The third kappa shape index (κ3) is 11.6. The number of ether oxygens (including phenoxy) is 3. The van der Waals surface area contributed by atoms with Gasteiger partial charge in [-0.3, -0.25) is 0 Å². The third-order valence-electron chi connectivity index (χ3n) is 7.15. The number of amides is 1. The summed E-state index contributed by atoms with van der Waals surface area (Å²) in [4.78, 5) is 12.3. The summed E-state index contributed by atoms with van der Waals surface area (Å²) >= 11 is 0. The summed E-state index contributed by atoms with van der Waals surface area (Å²) in [5.74, 6) is -0.326. The molecule has 9 heteroatoms. The third-order valence-corrected chi connectivity index (χ3v) is 13.9. The van der Waals surface area contributed by atoms with Gasteiger partial charge in [0.15, 0.2) is 0 Å². The van der Waals surface area contributed by atoms with Crippen LogP contribution >= 0.6 is 0 Å². The number of nitrogens with one attached hydrogen (secondary N) is 1. The lowest BCUT2D eigenvalue weighted by Crippen LogP contribution is -2.67. The minimum atomic E-state index is -2.80. The molecule has 0 radical (unpaired) electrons. The quantitative estimate of drug-likeness (QED) is 0.141. The second-order valence-electron chi connectivity index (χ2n) is 14.2. The molecular formula is C33H55NO6Si2. The molecule has 0 aliphatic heterocycles. The average Bonchev–Trinajstić information content (AvgIpc) is 2.89. The maximum absolute atomic E-state index is 12.3. The summed E-state index contributed by atoms with van der Waals surface area (Å²) < 4.78 is 24.6. The van der Waals surface area contributed by atoms with Crippen molar-refractivity contribution in [3.05, 3.63) is 60.7 Å². The topological polar surface area (TPSA) is 86.3 Å². The van der Waals surface area contributed by atoms with Gasteiger partial charge >= 0.3 is 6.09 Å². The SMILES string of the molecule is CC(C)(C)OC(=O)NCCC(OCOCC[Si](C)(C)C)C(CO)CO[Si](c1ccccc1)(c1ccccc1)C(C)(C)C. The normalized spacial score (nSPS) is 14.3. The second-order valence-corrected chi connectivity index (χ2v) is 24.1. The van der Waals surface area contributed by atoms with Crippen LogP contribution in [0.1, 0.15) is 48.0 Å². The largest absolute Gasteiger partial charge is 0.444 e. The van der Waals surface area contributed by atoms with Crippen LogP contribution in [0.25, 0.3) is 0 Å². The Kier molecular flexibility index (Phi) is 13.9. The lowest BCUT2D eigenvalue weighted by atomic mass is 10.0. The maximum Gasteiger partial charge on any atom is 0.407 e. The molecule has 0 aromatic heterocycles. The van der Waals surface area contributed by atoms with Crippen LogP contribution in [-0.4, -0.2) is 72.5 Å². The fourth-order valence-corrected chi connectivity index (χ4v) is 10.3. The van der Waals surface area contributed by atoms with Gasteiger partial charge < -0.3 is 29.1 Å². The standard InChI is InChI=1S/C33H55NO6Si2/c1-32(2,3)40-31(36)34-21-20-30(38-26-37-22-23-41(7,8)9)27(24-35)25-39-42(33(4,5)6,28-16-12-10-13-17-28)29-18-14-11-15-19-29/h10-19,27,30,35H,20-26H2,1-9H3,(H,34,36). The van der Waals surface area contributed by atoms with E-state index in [4.69, 9.17) is 18.6 Å². The zero-order chi connectivity index (χ0) is 31.4. The molecule has 2 unspecified atom stereocenters. The summed E-state index contributed by atoms with van der Waals surface area (Å²) in [7, 11) is -4.03. The lowest BCUT2D eigenvalue weighted by molar-refractivity contribution is -0.116. The van der Waals surface area contributed by atoms with Crippen molar-refractivity contribution in [2.45, 2.75) is 90.4 Å². The van der Waals surface area contributed by atoms with E-state index in [0.29, 0.717) is 26.2 Å². The van der Waals surface area contributed by atoms with Gasteiger partial charge in [0.25, 0.3) is 8.32 Å². The van der Waals surface area contributed by atoms with Crippen molar-refractivity contribution >= 4 is 32.9 Å². The van der Waals surface area contributed by atoms with Crippen molar-refractivity contribution in [1.29, 1.82) is 0 Å². The van der Waals surface area contributed by atoms with E-state index >= 15 is 0 Å². The maximum atomic E-state index is 12.3. The number of carbonyl (C=O) groups is 1. The number of hydrogen-bond acceptors (Lipinski definition) is 6. The van der Waals surface area contributed by atoms with Crippen LogP contribution < -0.4 is 15.7 Å². The highest BCUT2D eigenvalue weighted by Crippen LogP contribution is 2.37. The monoisotopic (exact) mass is 617 g/mol. The fraction of sp³-hybridized carbons (Fsp3) is 0.606. The van der Waals surface area contributed by atoms with Crippen molar-refractivity contribution in [1.82, 2.24) is 5.32 Å². The Morgan fingerprint density at radius 1 is 0.905 bits per heavy atom. The van der Waals surface area contributed by atoms with Crippen LogP contribution in [-0.2, 0) is 18.6 Å². The van der Waals surface area contributed by atoms with E-state index in [1.165, 1.54) is 10.4 Å². The molecule has 7 nitrogen and oxygen atoms in total. The lowest BCUT2D eigenvalue weighted by Gasteiger charge is -2.44. The van der Waals surface area contributed by atoms with E-state index in [-0.39, 0.29) is 24.4 Å². The predicted octanol–water partition coefficient (Wildman–Crippen LogP) is 5.78. The van der Waals surface area contributed by atoms with Gasteiger partial charge in [0, 0.05) is 33.8 Å². The highest BCUT2D eigenvalue weighted by molar-refractivity contribution is 6.99. The number of aliphatic hydroxyl groups excluding tert-OH is 1. The first-order valence-electron chi connectivity index (χ1n) is 15.1. The van der Waals surface area contributed by atoms with Crippen molar-refractivity contribution in [3.8, 4) is 0 Å². The first-order valence-corrected chi connectivity index (χ1v) is 20.7. The summed E-state index contributed by atoms with van der Waals surface area (Å²) in [6.45, 7) is 20.4. The van der Waals surface area contributed by atoms with Crippen LogP contribution in [0.4, 0.5) is 4.79 Å². The van der Waals surface area contributed by atoms with Gasteiger partial charge in [-0.05, 0) is 48.6 Å². The molecule has 2 N–H and O–H groups in total. The van der Waals surface area contributed by atoms with Gasteiger partial charge in [-0.15, -0.1) is 0 Å². The number of rotatable bonds is 16. The van der Waals surface area contributed by atoms with Gasteiger partial charge in [0.05, 0.1) is 12.7 Å². The molecule has 1 amide bonds. The van der Waals surface area contributed by atoms with E-state index in [2.05, 4.69) is 94.3 Å². The first-order chi connectivity index (χ1) is 19.6. The molecule has 0 saturated carbocycles. The fourth-order valence-electron chi connectivity index (χ4n) is 4.93. The zero-order valence-corrected chi connectivity index (χ0v) is 29.4. The number of alkyl carbamates (subject to hydrolysis) is 1. The molecule has 42 heavy (non-hydrogen) atoms. The van der Waals surface area contributed by atoms with Crippen molar-refractivity contribution in [2.24, 2.45) is 5.92 Å². The predicted molar refractivity (Wildman–Crippen MR) is 177 cm³/mol. The number of aliphatic hydroxyl groups is 1. The Labute approximate surface area is 256 Å². The van der Waals surface area contributed by atoms with Gasteiger partial charge in [-0.1, -0.05) is 101 Å². The summed E-state index contributed by atoms with van der Waals surface area (Å²) in [6.07, 6.45) is -0.391. The number of carbonyl (C=O) groups excluding carboxylic acids is 1. The smallest absolute Gasteiger partial charge is 0.407 e. The zero-order valence-electron chi connectivity index (χ0n) is 27.4. The van der Waals surface area contributed by atoms with Crippen LogP contribution in [0.3, 0.4) is 0 Å². The van der Waals surface area contributed by atoms with E-state index in [9.17, 15) is 9.90 Å². The van der Waals surface area contributed by atoms with Crippen LogP contribution in [0.5, 0.6) is 0 Å². The van der Waals surface area contributed by atoms with E-state index in [0.717, 1.165) is 6.04 Å². The molecule has 2 rings (SSSR count). The van der Waals surface area contributed by atoms with Gasteiger partial charge in [-0.2, -0.15) is 0 Å². The van der Waals surface area contributed by atoms with Crippen LogP contribution in [0.2, 0.25) is 30.7 Å². The molecule has 0 fully saturated rings. The molecule has 2 aromatic carbocycles. The molecule has 236 valence electrons. The van der Waals surface area contributed by atoms with Crippen molar-refractivity contribution < 1.29 is 28.5 Å². The Bertz CT molecular complexity index is 1010. The molecular weight excluding hydrogens is 563 g/mol. The molecule has 0 aliphatic carbocycles. The molecule has 2 aromatic rings. The molecule has 0 aliphatic rings. The van der Waals surface area contributed by atoms with Gasteiger partial charge in [0.1, 0.15) is 12.4 Å². The van der Waals surface area contributed by atoms with Crippen LogP contribution in [0.15, 0.2) is 60.7 Å². The second kappa shape index (κ2) is 16.2. The van der Waals surface area contributed by atoms with E-state index in [1.54, 1.807) is 0 Å². The van der Waals surface area contributed by atoms with Crippen molar-refractivity contribution in [2.75, 3.05) is 33.2 Å². The van der Waals surface area contributed by atoms with E-state index < -0.39 is 34.2 Å². The van der Waals surface area contributed by atoms with Gasteiger partial charge in [-0.25, -0.2) is 4.79 Å². The average molecular weight is 618 g/mol. The summed E-state index contributed by atoms with van der Waals surface area (Å²) in [6, 6.07) is 22.0. The first kappa shape index (κ1) is 36.2. The minimum absolute atomic E-state index is 0.121. The van der Waals surface area contributed by atoms with E-state index in [1.807, 2.05) is 32.9 Å². The Balaban J connectivity index is 2.28. The summed E-state index contributed by atoms with van der Waals surface area (Å²) in [5, 5.41) is 15.6. The number of benzene rings is 2. The molecule has 0 heterocycles. The number of hydrogen-bond donors (Lipinski definition) is 2. The van der Waals surface area contributed by atoms with Crippen molar-refractivity contribution in [3.63, 3.8) is 0 Å². The highest BCUT2D eigenvalue weighted by Gasteiger charge is 2.50. The Morgan fingerprint density at radius 2 is 1.45 bits per heavy atom. The van der Waals surface area contributed by atoms with Gasteiger partial charge in [0.2, 0.25) is 0 Å². The molecule has 2 atom stereocenters. The molecule has 0 spiro atoms. The minimum Gasteiger partial charge on any atom is -0.444 e. The Hall–Kier alpha value is -2.02. The highest BCUT2D eigenvalue weighted by atomic mass is 28.4. The van der Waals surface area contributed by atoms with Crippen LogP contribution in [0, 0.1) is 5.92 Å². The Morgan fingerprint density at radius 3 is 1.90 bits per heavy atom. The molecule has 0 saturated heterocycles.